The van der Waals surface area contributed by atoms with Crippen LogP contribution in [0.1, 0.15) is 11.6 Å². The first-order valence-corrected chi connectivity index (χ1v) is 4.42. The van der Waals surface area contributed by atoms with Gasteiger partial charge < -0.3 is 20.3 Å². The van der Waals surface area contributed by atoms with Crippen LogP contribution < -0.4 is 15.2 Å². The minimum atomic E-state index is -0.616. The molecule has 0 aliphatic heterocycles. The highest BCUT2D eigenvalue weighted by molar-refractivity contribution is 5.49. The first-order chi connectivity index (χ1) is 7.15. The molecule has 1 atom stereocenters. The lowest BCUT2D eigenvalue weighted by Gasteiger charge is -2.16. The van der Waals surface area contributed by atoms with E-state index in [9.17, 15) is 4.39 Å². The molecule has 0 bridgehead atoms. The molecule has 0 fully saturated rings. The lowest BCUT2D eigenvalue weighted by molar-refractivity contribution is 0.262. The number of benzene rings is 1. The Morgan fingerprint density at radius 1 is 1.33 bits per heavy atom. The molecule has 0 heterocycles. The van der Waals surface area contributed by atoms with E-state index in [0.717, 1.165) is 0 Å². The van der Waals surface area contributed by atoms with Crippen molar-refractivity contribution in [2.24, 2.45) is 5.73 Å². The SMILES string of the molecule is COc1c(F)ccc(C(N)CO)c1OC. The van der Waals surface area contributed by atoms with Crippen LogP contribution in [-0.2, 0) is 0 Å². The highest BCUT2D eigenvalue weighted by Gasteiger charge is 2.18. The molecule has 0 radical (unpaired) electrons. The third-order valence-electron chi connectivity index (χ3n) is 2.10. The van der Waals surface area contributed by atoms with Gasteiger partial charge in [-0.15, -0.1) is 0 Å². The molecule has 0 aromatic heterocycles. The molecule has 0 amide bonds. The zero-order valence-corrected chi connectivity index (χ0v) is 8.66. The van der Waals surface area contributed by atoms with E-state index in [2.05, 4.69) is 0 Å². The number of rotatable bonds is 4. The molecule has 1 aromatic rings. The van der Waals surface area contributed by atoms with Gasteiger partial charge >= 0.3 is 0 Å². The summed E-state index contributed by atoms with van der Waals surface area (Å²) < 4.78 is 23.2. The van der Waals surface area contributed by atoms with Crippen LogP contribution >= 0.6 is 0 Å². The molecule has 0 spiro atoms. The maximum atomic E-state index is 13.3. The molecule has 0 saturated heterocycles. The van der Waals surface area contributed by atoms with Gasteiger partial charge in [0, 0.05) is 5.56 Å². The fourth-order valence-corrected chi connectivity index (χ4v) is 1.34. The largest absolute Gasteiger partial charge is 0.492 e. The molecule has 15 heavy (non-hydrogen) atoms. The summed E-state index contributed by atoms with van der Waals surface area (Å²) in [5.74, 6) is -0.304. The monoisotopic (exact) mass is 215 g/mol. The molecule has 0 saturated carbocycles. The van der Waals surface area contributed by atoms with Crippen molar-refractivity contribution < 1.29 is 19.0 Å². The van der Waals surface area contributed by atoms with E-state index in [4.69, 9.17) is 20.3 Å². The summed E-state index contributed by atoms with van der Waals surface area (Å²) in [5.41, 5.74) is 6.15. The fraction of sp³-hybridized carbons (Fsp3) is 0.400. The second-order valence-electron chi connectivity index (χ2n) is 2.99. The van der Waals surface area contributed by atoms with Crippen LogP contribution in [0.2, 0.25) is 0 Å². The molecule has 0 aliphatic carbocycles. The van der Waals surface area contributed by atoms with Gasteiger partial charge in [-0.3, -0.25) is 0 Å². The summed E-state index contributed by atoms with van der Waals surface area (Å²) in [6.07, 6.45) is 0. The zero-order chi connectivity index (χ0) is 11.4. The van der Waals surface area contributed by atoms with E-state index in [-0.39, 0.29) is 18.1 Å². The second-order valence-corrected chi connectivity index (χ2v) is 2.99. The van der Waals surface area contributed by atoms with Crippen LogP contribution in [0.15, 0.2) is 12.1 Å². The summed E-state index contributed by atoms with van der Waals surface area (Å²) >= 11 is 0. The highest BCUT2D eigenvalue weighted by Crippen LogP contribution is 2.36. The van der Waals surface area contributed by atoms with E-state index < -0.39 is 11.9 Å². The van der Waals surface area contributed by atoms with E-state index in [0.29, 0.717) is 5.56 Å². The molecule has 3 N–H and O–H groups in total. The number of aliphatic hydroxyl groups excluding tert-OH is 1. The molecular formula is C10H14FNO3. The van der Waals surface area contributed by atoms with Gasteiger partial charge in [-0.05, 0) is 6.07 Å². The number of methoxy groups -OCH3 is 2. The second kappa shape index (κ2) is 4.95. The van der Waals surface area contributed by atoms with Gasteiger partial charge in [0.2, 0.25) is 0 Å². The third-order valence-corrected chi connectivity index (χ3v) is 2.10. The Balaban J connectivity index is 3.28. The van der Waals surface area contributed by atoms with Gasteiger partial charge in [-0.2, -0.15) is 0 Å². The topological polar surface area (TPSA) is 64.7 Å². The Morgan fingerprint density at radius 2 is 1.93 bits per heavy atom. The Bertz CT molecular complexity index is 344. The van der Waals surface area contributed by atoms with Crippen molar-refractivity contribution in [2.45, 2.75) is 6.04 Å². The molecule has 84 valence electrons. The van der Waals surface area contributed by atoms with Crippen LogP contribution in [0.4, 0.5) is 4.39 Å². The Hall–Kier alpha value is -1.33. The standard InChI is InChI=1S/C10H14FNO3/c1-14-9-6(8(12)5-13)3-4-7(11)10(9)15-2/h3-4,8,13H,5,12H2,1-2H3. The molecule has 1 unspecified atom stereocenters. The van der Waals surface area contributed by atoms with Crippen LogP contribution in [0.3, 0.4) is 0 Å². The van der Waals surface area contributed by atoms with Crippen molar-refractivity contribution in [3.05, 3.63) is 23.5 Å². The molecule has 0 aliphatic rings. The van der Waals surface area contributed by atoms with E-state index in [1.165, 1.54) is 26.4 Å². The van der Waals surface area contributed by atoms with Crippen molar-refractivity contribution in [2.75, 3.05) is 20.8 Å². The first kappa shape index (κ1) is 11.7. The predicted octanol–water partition coefficient (Wildman–Crippen LogP) is 0.835. The highest BCUT2D eigenvalue weighted by atomic mass is 19.1. The summed E-state index contributed by atoms with van der Waals surface area (Å²) in [5, 5.41) is 8.93. The van der Waals surface area contributed by atoms with Gasteiger partial charge in [0.15, 0.2) is 17.3 Å². The van der Waals surface area contributed by atoms with Gasteiger partial charge in [-0.25, -0.2) is 4.39 Å². The fourth-order valence-electron chi connectivity index (χ4n) is 1.34. The van der Waals surface area contributed by atoms with Gasteiger partial charge in [-0.1, -0.05) is 6.07 Å². The lowest BCUT2D eigenvalue weighted by atomic mass is 10.1. The Labute approximate surface area is 87.4 Å². The normalized spacial score (nSPS) is 12.3. The van der Waals surface area contributed by atoms with Crippen molar-refractivity contribution in [1.82, 2.24) is 0 Å². The Morgan fingerprint density at radius 3 is 2.40 bits per heavy atom. The number of ether oxygens (including phenoxy) is 2. The quantitative estimate of drug-likeness (QED) is 0.781. The number of aliphatic hydroxyl groups is 1. The summed E-state index contributed by atoms with van der Waals surface area (Å²) in [6.45, 7) is -0.245. The van der Waals surface area contributed by atoms with Gasteiger partial charge in [0.25, 0.3) is 0 Å². The zero-order valence-electron chi connectivity index (χ0n) is 8.66. The Kier molecular flexibility index (Phi) is 3.88. The lowest BCUT2D eigenvalue weighted by Crippen LogP contribution is -2.16. The molecule has 1 rings (SSSR count). The third kappa shape index (κ3) is 2.19. The van der Waals surface area contributed by atoms with Crippen LogP contribution in [0.5, 0.6) is 11.5 Å². The number of hydrogen-bond acceptors (Lipinski definition) is 4. The summed E-state index contributed by atoms with van der Waals surface area (Å²) in [6, 6.07) is 2.08. The van der Waals surface area contributed by atoms with Crippen molar-refractivity contribution in [3.63, 3.8) is 0 Å². The molecule has 4 nitrogen and oxygen atoms in total. The number of nitrogens with two attached hydrogens (primary N) is 1. The molecule has 5 heteroatoms. The smallest absolute Gasteiger partial charge is 0.197 e. The van der Waals surface area contributed by atoms with Crippen molar-refractivity contribution >= 4 is 0 Å². The van der Waals surface area contributed by atoms with Gasteiger partial charge in [0.1, 0.15) is 0 Å². The minimum absolute atomic E-state index is 0.00102. The molecule has 1 aromatic carbocycles. The van der Waals surface area contributed by atoms with E-state index in [1.54, 1.807) is 0 Å². The van der Waals surface area contributed by atoms with Crippen molar-refractivity contribution in [1.29, 1.82) is 0 Å². The average Bonchev–Trinajstić information content (AvgIpc) is 2.27. The first-order valence-electron chi connectivity index (χ1n) is 4.42. The average molecular weight is 215 g/mol. The van der Waals surface area contributed by atoms with E-state index in [1.807, 2.05) is 0 Å². The van der Waals surface area contributed by atoms with Crippen LogP contribution in [0, 0.1) is 5.82 Å². The number of halogens is 1. The van der Waals surface area contributed by atoms with Crippen LogP contribution in [-0.4, -0.2) is 25.9 Å². The van der Waals surface area contributed by atoms with E-state index >= 15 is 0 Å². The maximum absolute atomic E-state index is 13.3. The molecular weight excluding hydrogens is 201 g/mol. The predicted molar refractivity (Wildman–Crippen MR) is 53.5 cm³/mol. The van der Waals surface area contributed by atoms with Crippen molar-refractivity contribution in [3.8, 4) is 11.5 Å². The number of hydrogen-bond donors (Lipinski definition) is 2. The summed E-state index contributed by atoms with van der Waals surface area (Å²) in [7, 11) is 2.74. The minimum Gasteiger partial charge on any atom is -0.492 e. The van der Waals surface area contributed by atoms with Crippen LogP contribution in [0.25, 0.3) is 0 Å². The van der Waals surface area contributed by atoms with Gasteiger partial charge in [0.05, 0.1) is 26.9 Å². The maximum Gasteiger partial charge on any atom is 0.197 e. The summed E-state index contributed by atoms with van der Waals surface area (Å²) in [4.78, 5) is 0.